The predicted octanol–water partition coefficient (Wildman–Crippen LogP) is 5.58. The maximum absolute atomic E-state index is 14.6. The van der Waals surface area contributed by atoms with Gasteiger partial charge in [0.05, 0.1) is 29.6 Å². The molecule has 1 fully saturated rings. The van der Waals surface area contributed by atoms with Gasteiger partial charge in [-0.15, -0.1) is 0 Å². The first-order chi connectivity index (χ1) is 18.9. The van der Waals surface area contributed by atoms with Gasteiger partial charge < -0.3 is 25.1 Å². The third kappa shape index (κ3) is 6.11. The summed E-state index contributed by atoms with van der Waals surface area (Å²) in [5, 5.41) is 1.85. The lowest BCUT2D eigenvalue weighted by molar-refractivity contribution is -0.162. The molecule has 1 heterocycles. The van der Waals surface area contributed by atoms with Gasteiger partial charge in [-0.25, -0.2) is 4.39 Å². The maximum atomic E-state index is 14.6. The van der Waals surface area contributed by atoms with Gasteiger partial charge in [0.2, 0.25) is 5.91 Å². The van der Waals surface area contributed by atoms with Crippen LogP contribution in [0.5, 0.6) is 11.5 Å². The summed E-state index contributed by atoms with van der Waals surface area (Å²) in [4.78, 5) is 28.9. The molecule has 1 aromatic heterocycles. The van der Waals surface area contributed by atoms with Crippen LogP contribution in [0.2, 0.25) is 5.02 Å². The summed E-state index contributed by atoms with van der Waals surface area (Å²) in [5.41, 5.74) is 4.01. The van der Waals surface area contributed by atoms with Crippen LogP contribution in [-0.4, -0.2) is 47.3 Å². The number of amides is 2. The number of hydrogen-bond acceptors (Lipinski definition) is 7. The van der Waals surface area contributed by atoms with Crippen molar-refractivity contribution in [3.8, 4) is 22.8 Å². The quantitative estimate of drug-likeness (QED) is 0.205. The monoisotopic (exact) mass is 599 g/mol. The van der Waals surface area contributed by atoms with Crippen molar-refractivity contribution in [1.29, 1.82) is 0 Å². The van der Waals surface area contributed by atoms with E-state index in [1.807, 2.05) is 0 Å². The third-order valence-electron chi connectivity index (χ3n) is 6.09. The maximum Gasteiger partial charge on any atom is 0.412 e. The fraction of sp³-hybridized carbons (Fsp3) is 0.269. The number of ether oxygens (including phenoxy) is 2. The number of primary amides is 1. The van der Waals surface area contributed by atoms with Crippen LogP contribution in [0.25, 0.3) is 11.3 Å². The zero-order valence-electron chi connectivity index (χ0n) is 20.7. The van der Waals surface area contributed by atoms with E-state index in [-0.39, 0.29) is 39.3 Å². The number of methoxy groups -OCH3 is 1. The number of carbonyl (C=O) groups is 2. The van der Waals surface area contributed by atoms with E-state index in [9.17, 15) is 31.7 Å². The molecule has 1 atom stereocenters. The molecule has 14 heteroatoms. The van der Waals surface area contributed by atoms with Gasteiger partial charge in [-0.05, 0) is 61.4 Å². The van der Waals surface area contributed by atoms with Crippen molar-refractivity contribution in [1.82, 2.24) is 10.3 Å². The molecular weight excluding hydrogens is 578 g/mol. The smallest absolute Gasteiger partial charge is 0.412 e. The Morgan fingerprint density at radius 3 is 2.42 bits per heavy atom. The number of nitrogens with one attached hydrogen (secondary N) is 1. The molecule has 0 spiro atoms. The summed E-state index contributed by atoms with van der Waals surface area (Å²) in [6.07, 6.45) is -3.39. The molecule has 2 aromatic carbocycles. The summed E-state index contributed by atoms with van der Waals surface area (Å²) in [6.45, 7) is -1.18. The molecule has 1 saturated carbocycles. The first-order valence-electron chi connectivity index (χ1n) is 11.7. The highest BCUT2D eigenvalue weighted by molar-refractivity contribution is 7.94. The van der Waals surface area contributed by atoms with Crippen LogP contribution >= 0.6 is 23.6 Å². The highest BCUT2D eigenvalue weighted by atomic mass is 35.5. The molecule has 40 heavy (non-hydrogen) atoms. The molecule has 2 amide bonds. The average molecular weight is 600 g/mol. The topological polar surface area (TPSA) is 124 Å². The molecule has 1 aliphatic carbocycles. The van der Waals surface area contributed by atoms with Crippen LogP contribution in [0.15, 0.2) is 48.5 Å². The molecule has 8 nitrogen and oxygen atoms in total. The van der Waals surface area contributed by atoms with Crippen molar-refractivity contribution in [2.75, 3.05) is 13.7 Å². The zero-order chi connectivity index (χ0) is 29.2. The van der Waals surface area contributed by atoms with E-state index in [1.165, 1.54) is 31.4 Å². The second-order valence-electron chi connectivity index (χ2n) is 8.90. The summed E-state index contributed by atoms with van der Waals surface area (Å²) >= 11 is 5.20. The average Bonchev–Trinajstić information content (AvgIpc) is 3.74. The molecule has 4 rings (SSSR count). The highest BCUT2D eigenvalue weighted by Crippen LogP contribution is 2.48. The number of aromatic nitrogens is 1. The summed E-state index contributed by atoms with van der Waals surface area (Å²) in [5.74, 6) is -2.16. The molecule has 3 aromatic rings. The van der Waals surface area contributed by atoms with Gasteiger partial charge in [-0.1, -0.05) is 11.6 Å². The molecule has 212 valence electrons. The Labute approximate surface area is 235 Å². The number of nitrogens with two attached hydrogens (primary N) is 1. The number of alkyl halides is 3. The van der Waals surface area contributed by atoms with Crippen molar-refractivity contribution in [2.24, 2.45) is 5.73 Å². The summed E-state index contributed by atoms with van der Waals surface area (Å²) in [6, 6.07) is 9.31. The zero-order valence-corrected chi connectivity index (χ0v) is 22.3. The van der Waals surface area contributed by atoms with E-state index >= 15 is 0 Å². The first-order valence-corrected chi connectivity index (χ1v) is 12.8. The number of nitrogens with zero attached hydrogens (tertiary/aromatic N) is 1. The fourth-order valence-corrected chi connectivity index (χ4v) is 4.35. The van der Waals surface area contributed by atoms with Crippen molar-refractivity contribution in [3.05, 3.63) is 76.2 Å². The Hall–Kier alpha value is -3.55. The molecule has 0 saturated heterocycles. The van der Waals surface area contributed by atoms with Crippen LogP contribution in [0.1, 0.15) is 39.3 Å². The van der Waals surface area contributed by atoms with E-state index in [0.717, 1.165) is 37.1 Å². The Bertz CT molecular complexity index is 1450. The summed E-state index contributed by atoms with van der Waals surface area (Å²) < 4.78 is 75.2. The molecule has 0 aliphatic heterocycles. The lowest BCUT2D eigenvalue weighted by atomic mass is 9.98. The van der Waals surface area contributed by atoms with Crippen molar-refractivity contribution in [2.45, 2.75) is 29.9 Å². The fourth-order valence-electron chi connectivity index (χ4n) is 3.73. The van der Waals surface area contributed by atoms with Crippen LogP contribution in [-0.2, 0) is 4.75 Å². The molecule has 1 unspecified atom stereocenters. The van der Waals surface area contributed by atoms with E-state index in [4.69, 9.17) is 26.8 Å². The third-order valence-corrected chi connectivity index (χ3v) is 7.28. The van der Waals surface area contributed by atoms with Gasteiger partial charge in [-0.3, -0.25) is 14.6 Å². The van der Waals surface area contributed by atoms with E-state index in [0.29, 0.717) is 5.75 Å². The second kappa shape index (κ2) is 11.5. The number of rotatable bonds is 10. The Balaban J connectivity index is 1.71. The van der Waals surface area contributed by atoms with Crippen LogP contribution < -0.4 is 20.5 Å². The van der Waals surface area contributed by atoms with Gasteiger partial charge in [0, 0.05) is 35.3 Å². The number of pyridine rings is 1. The number of hydrogen-bond donors (Lipinski definition) is 3. The molecule has 4 N–H and O–H groups in total. The Morgan fingerprint density at radius 2 is 1.85 bits per heavy atom. The normalized spacial score (nSPS) is 14.8. The second-order valence-corrected chi connectivity index (χ2v) is 10.2. The van der Waals surface area contributed by atoms with Crippen molar-refractivity contribution >= 4 is 35.5 Å². The molecule has 0 radical (unpaired) electrons. The van der Waals surface area contributed by atoms with Crippen molar-refractivity contribution in [3.63, 3.8) is 0 Å². The molecular formula is C26H22ClF4N3O5S. The van der Waals surface area contributed by atoms with Gasteiger partial charge in [-0.2, -0.15) is 13.2 Å². The lowest BCUT2D eigenvalue weighted by Crippen LogP contribution is -2.49. The van der Waals surface area contributed by atoms with Gasteiger partial charge >= 0.3 is 6.18 Å². The number of benzene rings is 2. The number of halogens is 5. The molecule has 1 aliphatic rings. The van der Waals surface area contributed by atoms with Crippen molar-refractivity contribution < 1.29 is 41.2 Å². The minimum absolute atomic E-state index is 0.0282. The SMILES string of the molecule is COc1cc(C(=O)NCC(SO)(c2cc(C(N)=O)cc(-c3ccc(F)c(Cl)c3)n2)C(F)(F)F)ccc1OC1CC1. The van der Waals surface area contributed by atoms with Gasteiger partial charge in [0.15, 0.2) is 16.2 Å². The standard InChI is InChI=1S/C26H22ClF4N3O5S/c1-38-21-10-14(3-7-20(21)39-16-4-5-16)24(36)33-12-25(40-37,26(29,30)31)22-11-15(23(32)35)9-19(34-22)13-2-6-18(28)17(27)8-13/h2-3,6-11,16,37H,4-5,12H2,1H3,(H2,32,35)(H,33,36). The Morgan fingerprint density at radius 1 is 1.12 bits per heavy atom. The lowest BCUT2D eigenvalue weighted by Gasteiger charge is -2.32. The van der Waals surface area contributed by atoms with E-state index in [1.54, 1.807) is 0 Å². The highest BCUT2D eigenvalue weighted by Gasteiger charge is 2.59. The summed E-state index contributed by atoms with van der Waals surface area (Å²) in [7, 11) is 1.36. The van der Waals surface area contributed by atoms with Gasteiger partial charge in [0.1, 0.15) is 5.82 Å². The largest absolute Gasteiger partial charge is 0.493 e. The van der Waals surface area contributed by atoms with E-state index < -0.39 is 52.8 Å². The Kier molecular flexibility index (Phi) is 8.47. The number of carbonyl (C=O) groups excluding carboxylic acids is 2. The first kappa shape index (κ1) is 29.4. The van der Waals surface area contributed by atoms with E-state index in [2.05, 4.69) is 10.3 Å². The van der Waals surface area contributed by atoms with Crippen LogP contribution in [0, 0.1) is 5.82 Å². The minimum atomic E-state index is -5.19. The van der Waals surface area contributed by atoms with Crippen LogP contribution in [0.4, 0.5) is 17.6 Å². The molecule has 0 bridgehead atoms. The van der Waals surface area contributed by atoms with Gasteiger partial charge in [0.25, 0.3) is 5.91 Å². The predicted molar refractivity (Wildman–Crippen MR) is 140 cm³/mol. The van der Waals surface area contributed by atoms with Crippen LogP contribution in [0.3, 0.4) is 0 Å². The minimum Gasteiger partial charge on any atom is -0.493 e.